The second-order valence-electron chi connectivity index (χ2n) is 4.41. The summed E-state index contributed by atoms with van der Waals surface area (Å²) in [4.78, 5) is 7.97. The molecule has 0 amide bonds. The summed E-state index contributed by atoms with van der Waals surface area (Å²) in [7, 11) is 1.72. The predicted molar refractivity (Wildman–Crippen MR) is 90.7 cm³/mol. The monoisotopic (exact) mass is 386 g/mol. The van der Waals surface area contributed by atoms with Crippen LogP contribution in [0.2, 0.25) is 5.15 Å². The van der Waals surface area contributed by atoms with Crippen molar-refractivity contribution >= 4 is 39.0 Å². The molecule has 1 heterocycles. The smallest absolute Gasteiger partial charge is 0.157 e. The van der Waals surface area contributed by atoms with E-state index in [-0.39, 0.29) is 13.2 Å². The zero-order valence-corrected chi connectivity index (χ0v) is 14.2. The lowest BCUT2D eigenvalue weighted by Crippen LogP contribution is -2.27. The minimum absolute atomic E-state index is 0.156. The Labute approximate surface area is 142 Å². The van der Waals surface area contributed by atoms with Crippen molar-refractivity contribution < 1.29 is 9.84 Å². The first-order valence-corrected chi connectivity index (χ1v) is 7.76. The van der Waals surface area contributed by atoms with Crippen molar-refractivity contribution in [3.63, 3.8) is 0 Å². The van der Waals surface area contributed by atoms with Crippen LogP contribution in [0.25, 0.3) is 0 Å². The third-order valence-corrected chi connectivity index (χ3v) is 3.77. The molecule has 118 valence electrons. The third-order valence-electron chi connectivity index (χ3n) is 2.82. The molecule has 8 heteroatoms. The summed E-state index contributed by atoms with van der Waals surface area (Å²) >= 11 is 9.34. The number of aliphatic hydroxyl groups is 1. The molecule has 0 saturated heterocycles. The summed E-state index contributed by atoms with van der Waals surface area (Å²) in [6.07, 6.45) is 0.653. The molecule has 0 aliphatic rings. The van der Waals surface area contributed by atoms with Gasteiger partial charge in [-0.15, -0.1) is 0 Å². The van der Waals surface area contributed by atoms with Gasteiger partial charge in [-0.3, -0.25) is 0 Å². The molecular formula is C14H16BrClN4O2. The maximum atomic E-state index is 10.00. The Morgan fingerprint density at radius 1 is 1.36 bits per heavy atom. The highest BCUT2D eigenvalue weighted by molar-refractivity contribution is 9.10. The Balaban J connectivity index is 1.87. The van der Waals surface area contributed by atoms with Gasteiger partial charge in [0.1, 0.15) is 30.5 Å². The number of benzene rings is 1. The number of ether oxygens (including phenoxy) is 1. The van der Waals surface area contributed by atoms with E-state index in [1.165, 1.54) is 6.33 Å². The highest BCUT2D eigenvalue weighted by Gasteiger charge is 2.11. The molecule has 1 atom stereocenters. The quantitative estimate of drug-likeness (QED) is 0.634. The van der Waals surface area contributed by atoms with Gasteiger partial charge in [0.05, 0.1) is 4.47 Å². The van der Waals surface area contributed by atoms with Crippen LogP contribution in [0.4, 0.5) is 11.5 Å². The van der Waals surface area contributed by atoms with Crippen LogP contribution in [0.15, 0.2) is 35.1 Å². The number of anilines is 2. The average Bonchev–Trinajstić information content (AvgIpc) is 2.52. The van der Waals surface area contributed by atoms with Crippen molar-refractivity contribution in [2.24, 2.45) is 0 Å². The highest BCUT2D eigenvalue weighted by atomic mass is 79.9. The van der Waals surface area contributed by atoms with E-state index in [4.69, 9.17) is 16.3 Å². The number of nitrogens with one attached hydrogen (secondary N) is 2. The summed E-state index contributed by atoms with van der Waals surface area (Å²) < 4.78 is 6.40. The zero-order chi connectivity index (χ0) is 15.9. The molecule has 22 heavy (non-hydrogen) atoms. The maximum absolute atomic E-state index is 10.00. The Hall–Kier alpha value is -1.57. The number of aromatic nitrogens is 2. The molecule has 0 spiro atoms. The third kappa shape index (κ3) is 4.46. The molecule has 0 aliphatic heterocycles. The van der Waals surface area contributed by atoms with Gasteiger partial charge in [-0.1, -0.05) is 23.7 Å². The molecule has 0 fully saturated rings. The van der Waals surface area contributed by atoms with Crippen LogP contribution in [0.1, 0.15) is 0 Å². The molecule has 3 N–H and O–H groups in total. The minimum atomic E-state index is -0.703. The molecule has 2 rings (SSSR count). The Bertz CT molecular complexity index is 630. The van der Waals surface area contributed by atoms with Gasteiger partial charge in [-0.2, -0.15) is 0 Å². The summed E-state index contributed by atoms with van der Waals surface area (Å²) in [5, 5.41) is 16.2. The molecular weight excluding hydrogens is 372 g/mol. The van der Waals surface area contributed by atoms with E-state index < -0.39 is 6.10 Å². The molecule has 1 aromatic carbocycles. The lowest BCUT2D eigenvalue weighted by molar-refractivity contribution is 0.117. The Kier molecular flexibility index (Phi) is 6.23. The maximum Gasteiger partial charge on any atom is 0.157 e. The van der Waals surface area contributed by atoms with Gasteiger partial charge >= 0.3 is 0 Å². The van der Waals surface area contributed by atoms with Gasteiger partial charge in [-0.25, -0.2) is 9.97 Å². The first kappa shape index (κ1) is 16.8. The van der Waals surface area contributed by atoms with Crippen LogP contribution in [0, 0.1) is 0 Å². The van der Waals surface area contributed by atoms with Crippen molar-refractivity contribution in [3.8, 4) is 5.75 Å². The van der Waals surface area contributed by atoms with Crippen molar-refractivity contribution in [3.05, 3.63) is 40.2 Å². The summed E-state index contributed by atoms with van der Waals surface area (Å²) in [5.74, 6) is 1.21. The van der Waals surface area contributed by atoms with Crippen molar-refractivity contribution in [1.82, 2.24) is 9.97 Å². The van der Waals surface area contributed by atoms with Crippen molar-refractivity contribution in [2.45, 2.75) is 6.10 Å². The van der Waals surface area contributed by atoms with Gasteiger partial charge < -0.3 is 20.5 Å². The van der Waals surface area contributed by atoms with Gasteiger partial charge in [0.2, 0.25) is 0 Å². The topological polar surface area (TPSA) is 79.3 Å². The van der Waals surface area contributed by atoms with Gasteiger partial charge in [-0.05, 0) is 28.1 Å². The number of halogens is 2. The van der Waals surface area contributed by atoms with Crippen LogP contribution in [0.3, 0.4) is 0 Å². The van der Waals surface area contributed by atoms with E-state index in [1.54, 1.807) is 7.05 Å². The van der Waals surface area contributed by atoms with Crippen LogP contribution in [0.5, 0.6) is 5.75 Å². The number of para-hydroxylation sites is 1. The van der Waals surface area contributed by atoms with E-state index in [0.29, 0.717) is 22.4 Å². The van der Waals surface area contributed by atoms with E-state index in [0.717, 1.165) is 4.47 Å². The van der Waals surface area contributed by atoms with Gasteiger partial charge in [0.25, 0.3) is 0 Å². The van der Waals surface area contributed by atoms with E-state index in [9.17, 15) is 5.11 Å². The molecule has 1 unspecified atom stereocenters. The summed E-state index contributed by atoms with van der Waals surface area (Å²) in [6.45, 7) is 0.426. The van der Waals surface area contributed by atoms with Gasteiger partial charge in [0, 0.05) is 13.6 Å². The second kappa shape index (κ2) is 8.17. The fourth-order valence-corrected chi connectivity index (χ4v) is 2.37. The molecule has 6 nitrogen and oxygen atoms in total. The molecule has 0 bridgehead atoms. The first-order chi connectivity index (χ1) is 10.6. The zero-order valence-electron chi connectivity index (χ0n) is 11.9. The lowest BCUT2D eigenvalue weighted by atomic mass is 10.3. The molecule has 0 saturated carbocycles. The summed E-state index contributed by atoms with van der Waals surface area (Å²) in [5.41, 5.74) is 0.586. The number of aliphatic hydroxyl groups excluding tert-OH is 1. The van der Waals surface area contributed by atoms with Crippen molar-refractivity contribution in [1.29, 1.82) is 0 Å². The Morgan fingerprint density at radius 2 is 2.14 bits per heavy atom. The van der Waals surface area contributed by atoms with Gasteiger partial charge in [0.15, 0.2) is 11.0 Å². The standard InChI is InChI=1S/C14H16BrClN4O2/c1-17-12-13(16)19-8-20-14(12)18-6-9(21)7-22-11-5-3-2-4-10(11)15/h2-5,8-9,17,21H,6-7H2,1H3,(H,18,19,20). The fraction of sp³-hybridized carbons (Fsp3) is 0.286. The average molecular weight is 388 g/mol. The molecule has 2 aromatic rings. The Morgan fingerprint density at radius 3 is 2.86 bits per heavy atom. The number of rotatable bonds is 7. The first-order valence-electron chi connectivity index (χ1n) is 6.59. The van der Waals surface area contributed by atoms with E-state index in [1.807, 2.05) is 24.3 Å². The van der Waals surface area contributed by atoms with Crippen LogP contribution in [-0.4, -0.2) is 41.4 Å². The summed E-state index contributed by atoms with van der Waals surface area (Å²) in [6, 6.07) is 7.47. The highest BCUT2D eigenvalue weighted by Crippen LogP contribution is 2.25. The number of nitrogens with zero attached hydrogens (tertiary/aromatic N) is 2. The van der Waals surface area contributed by atoms with E-state index in [2.05, 4.69) is 36.5 Å². The molecule has 0 aliphatic carbocycles. The van der Waals surface area contributed by atoms with Crippen molar-refractivity contribution in [2.75, 3.05) is 30.8 Å². The van der Waals surface area contributed by atoms with Crippen LogP contribution >= 0.6 is 27.5 Å². The normalized spacial score (nSPS) is 11.8. The number of hydrogen-bond acceptors (Lipinski definition) is 6. The minimum Gasteiger partial charge on any atom is -0.490 e. The molecule has 0 radical (unpaired) electrons. The van der Waals surface area contributed by atoms with E-state index >= 15 is 0 Å². The predicted octanol–water partition coefficient (Wildman–Crippen LogP) is 2.79. The lowest BCUT2D eigenvalue weighted by Gasteiger charge is -2.16. The fourth-order valence-electron chi connectivity index (χ4n) is 1.74. The van der Waals surface area contributed by atoms with Crippen LogP contribution < -0.4 is 15.4 Å². The largest absolute Gasteiger partial charge is 0.490 e. The number of hydrogen-bond donors (Lipinski definition) is 3. The van der Waals surface area contributed by atoms with Crippen LogP contribution in [-0.2, 0) is 0 Å². The second-order valence-corrected chi connectivity index (χ2v) is 5.63. The SMILES string of the molecule is CNc1c(Cl)ncnc1NCC(O)COc1ccccc1Br. The molecule has 1 aromatic heterocycles.